The van der Waals surface area contributed by atoms with Crippen LogP contribution in [0.3, 0.4) is 0 Å². The third-order valence-corrected chi connectivity index (χ3v) is 2.42. The molecule has 1 heterocycles. The molecule has 0 atom stereocenters. The lowest BCUT2D eigenvalue weighted by Crippen LogP contribution is -2.07. The van der Waals surface area contributed by atoms with Crippen molar-refractivity contribution in [2.75, 3.05) is 7.11 Å². The minimum absolute atomic E-state index is 0.196. The van der Waals surface area contributed by atoms with Gasteiger partial charge in [0.25, 0.3) is 0 Å². The Bertz CT molecular complexity index is 599. The zero-order valence-electron chi connectivity index (χ0n) is 9.48. The van der Waals surface area contributed by atoms with Crippen molar-refractivity contribution in [3.05, 3.63) is 53.9 Å². The molecule has 0 radical (unpaired) electrons. The molecule has 0 aliphatic heterocycles. The number of esters is 1. The third kappa shape index (κ3) is 2.20. The molecular weight excluding hydrogens is 240 g/mol. The first kappa shape index (κ1) is 12.2. The van der Waals surface area contributed by atoms with Crippen LogP contribution in [0.4, 0.5) is 8.78 Å². The molecule has 1 aromatic carbocycles. The molecule has 1 aromatic heterocycles. The Morgan fingerprint density at radius 3 is 2.72 bits per heavy atom. The maximum absolute atomic E-state index is 13.6. The fourth-order valence-corrected chi connectivity index (χ4v) is 1.62. The van der Waals surface area contributed by atoms with Crippen LogP contribution in [0.25, 0.3) is 11.1 Å². The molecule has 2 aromatic rings. The molecule has 0 spiro atoms. The van der Waals surface area contributed by atoms with Gasteiger partial charge in [0.2, 0.25) is 0 Å². The molecular formula is C13H9F2NO2. The Balaban J connectivity index is 2.64. The highest BCUT2D eigenvalue weighted by Crippen LogP contribution is 2.25. The summed E-state index contributed by atoms with van der Waals surface area (Å²) in [4.78, 5) is 15.2. The molecule has 0 aliphatic rings. The highest BCUT2D eigenvalue weighted by molar-refractivity contribution is 5.97. The molecule has 2 rings (SSSR count). The minimum atomic E-state index is -0.825. The van der Waals surface area contributed by atoms with Crippen molar-refractivity contribution in [2.45, 2.75) is 0 Å². The van der Waals surface area contributed by atoms with E-state index in [9.17, 15) is 13.6 Å². The van der Waals surface area contributed by atoms with E-state index in [-0.39, 0.29) is 11.1 Å². The highest BCUT2D eigenvalue weighted by atomic mass is 19.1. The zero-order valence-corrected chi connectivity index (χ0v) is 9.48. The number of benzene rings is 1. The SMILES string of the molecule is COC(=O)c1c(F)cncc1-c1cccc(F)c1. The van der Waals surface area contributed by atoms with Crippen molar-refractivity contribution in [3.63, 3.8) is 0 Å². The first-order valence-electron chi connectivity index (χ1n) is 5.11. The number of methoxy groups -OCH3 is 1. The van der Waals surface area contributed by atoms with E-state index in [2.05, 4.69) is 9.72 Å². The summed E-state index contributed by atoms with van der Waals surface area (Å²) < 4.78 is 31.3. The number of rotatable bonds is 2. The van der Waals surface area contributed by atoms with E-state index in [1.165, 1.54) is 24.4 Å². The fraction of sp³-hybridized carbons (Fsp3) is 0.0769. The van der Waals surface area contributed by atoms with Gasteiger partial charge in [0.15, 0.2) is 5.82 Å². The Kier molecular flexibility index (Phi) is 3.32. The molecule has 3 nitrogen and oxygen atoms in total. The van der Waals surface area contributed by atoms with E-state index in [0.29, 0.717) is 5.56 Å². The van der Waals surface area contributed by atoms with Crippen LogP contribution < -0.4 is 0 Å². The number of halogens is 2. The lowest BCUT2D eigenvalue weighted by molar-refractivity contribution is 0.0596. The number of pyridine rings is 1. The molecule has 0 bridgehead atoms. The van der Waals surface area contributed by atoms with Crippen molar-refractivity contribution < 1.29 is 18.3 Å². The van der Waals surface area contributed by atoms with E-state index < -0.39 is 17.6 Å². The van der Waals surface area contributed by atoms with Crippen LogP contribution in [-0.2, 0) is 4.74 Å². The number of carbonyl (C=O) groups excluding carboxylic acids is 1. The number of hydrogen-bond donors (Lipinski definition) is 0. The Morgan fingerprint density at radius 1 is 1.28 bits per heavy atom. The summed E-state index contributed by atoms with van der Waals surface area (Å²) in [6.45, 7) is 0. The second-order valence-electron chi connectivity index (χ2n) is 3.55. The third-order valence-electron chi connectivity index (χ3n) is 2.42. The highest BCUT2D eigenvalue weighted by Gasteiger charge is 2.19. The number of nitrogens with zero attached hydrogens (tertiary/aromatic N) is 1. The molecule has 0 saturated carbocycles. The molecule has 18 heavy (non-hydrogen) atoms. The predicted molar refractivity (Wildman–Crippen MR) is 60.9 cm³/mol. The molecule has 0 amide bonds. The predicted octanol–water partition coefficient (Wildman–Crippen LogP) is 2.81. The van der Waals surface area contributed by atoms with Gasteiger partial charge in [-0.25, -0.2) is 13.6 Å². The van der Waals surface area contributed by atoms with Gasteiger partial charge >= 0.3 is 5.97 Å². The molecule has 0 unspecified atom stereocenters. The van der Waals surface area contributed by atoms with Crippen LogP contribution in [-0.4, -0.2) is 18.1 Å². The van der Waals surface area contributed by atoms with Gasteiger partial charge in [-0.05, 0) is 17.7 Å². The summed E-state index contributed by atoms with van der Waals surface area (Å²) in [6.07, 6.45) is 2.21. The van der Waals surface area contributed by atoms with Gasteiger partial charge in [-0.3, -0.25) is 4.98 Å². The van der Waals surface area contributed by atoms with E-state index in [1.54, 1.807) is 6.07 Å². The van der Waals surface area contributed by atoms with Crippen LogP contribution in [0.15, 0.2) is 36.7 Å². The number of ether oxygens (including phenoxy) is 1. The van der Waals surface area contributed by atoms with Crippen LogP contribution in [0, 0.1) is 11.6 Å². The standard InChI is InChI=1S/C13H9F2NO2/c1-18-13(17)12-10(6-16-7-11(12)15)8-3-2-4-9(14)5-8/h2-7H,1H3. The minimum Gasteiger partial charge on any atom is -0.465 e. The fourth-order valence-electron chi connectivity index (χ4n) is 1.62. The second-order valence-corrected chi connectivity index (χ2v) is 3.55. The van der Waals surface area contributed by atoms with Gasteiger partial charge in [0.1, 0.15) is 11.4 Å². The van der Waals surface area contributed by atoms with Crippen molar-refractivity contribution >= 4 is 5.97 Å². The Hall–Kier alpha value is -2.30. The van der Waals surface area contributed by atoms with Crippen molar-refractivity contribution in [3.8, 4) is 11.1 Å². The first-order valence-corrected chi connectivity index (χ1v) is 5.11. The van der Waals surface area contributed by atoms with Gasteiger partial charge in [0, 0.05) is 11.8 Å². The Labute approximate surface area is 102 Å². The van der Waals surface area contributed by atoms with Crippen molar-refractivity contribution in [1.29, 1.82) is 0 Å². The average Bonchev–Trinajstić information content (AvgIpc) is 2.37. The van der Waals surface area contributed by atoms with Gasteiger partial charge < -0.3 is 4.74 Å². The number of carbonyl (C=O) groups is 1. The largest absolute Gasteiger partial charge is 0.465 e. The summed E-state index contributed by atoms with van der Waals surface area (Å²) in [5.41, 5.74) is 0.307. The number of hydrogen-bond acceptors (Lipinski definition) is 3. The maximum Gasteiger partial charge on any atom is 0.341 e. The van der Waals surface area contributed by atoms with Crippen LogP contribution >= 0.6 is 0 Å². The van der Waals surface area contributed by atoms with Gasteiger partial charge in [0.05, 0.1) is 13.3 Å². The monoisotopic (exact) mass is 249 g/mol. The van der Waals surface area contributed by atoms with Gasteiger partial charge in [-0.2, -0.15) is 0 Å². The first-order chi connectivity index (χ1) is 8.63. The maximum atomic E-state index is 13.6. The molecule has 92 valence electrons. The Morgan fingerprint density at radius 2 is 2.06 bits per heavy atom. The quantitative estimate of drug-likeness (QED) is 0.768. The second kappa shape index (κ2) is 4.91. The van der Waals surface area contributed by atoms with Crippen molar-refractivity contribution in [1.82, 2.24) is 4.98 Å². The van der Waals surface area contributed by atoms with Crippen LogP contribution in [0.2, 0.25) is 0 Å². The summed E-state index contributed by atoms with van der Waals surface area (Å²) in [5.74, 6) is -2.11. The molecule has 0 N–H and O–H groups in total. The lowest BCUT2D eigenvalue weighted by Gasteiger charge is -2.08. The smallest absolute Gasteiger partial charge is 0.341 e. The summed E-state index contributed by atoms with van der Waals surface area (Å²) >= 11 is 0. The average molecular weight is 249 g/mol. The normalized spacial score (nSPS) is 10.2. The molecule has 0 saturated heterocycles. The molecule has 5 heteroatoms. The van der Waals surface area contributed by atoms with E-state index in [4.69, 9.17) is 0 Å². The van der Waals surface area contributed by atoms with Gasteiger partial charge in [-0.15, -0.1) is 0 Å². The van der Waals surface area contributed by atoms with Crippen LogP contribution in [0.1, 0.15) is 10.4 Å². The van der Waals surface area contributed by atoms with E-state index in [1.807, 2.05) is 0 Å². The summed E-state index contributed by atoms with van der Waals surface area (Å²) in [7, 11) is 1.15. The van der Waals surface area contributed by atoms with Gasteiger partial charge in [-0.1, -0.05) is 12.1 Å². The van der Waals surface area contributed by atoms with Crippen LogP contribution in [0.5, 0.6) is 0 Å². The molecule has 0 aliphatic carbocycles. The van der Waals surface area contributed by atoms with E-state index in [0.717, 1.165) is 13.3 Å². The zero-order chi connectivity index (χ0) is 13.1. The van der Waals surface area contributed by atoms with Crippen molar-refractivity contribution in [2.24, 2.45) is 0 Å². The molecule has 0 fully saturated rings. The summed E-state index contributed by atoms with van der Waals surface area (Å²) in [5, 5.41) is 0. The topological polar surface area (TPSA) is 39.2 Å². The number of aromatic nitrogens is 1. The lowest BCUT2D eigenvalue weighted by atomic mass is 10.0. The summed E-state index contributed by atoms with van der Waals surface area (Å²) in [6, 6.07) is 5.49. The van der Waals surface area contributed by atoms with E-state index >= 15 is 0 Å².